The third-order valence-electron chi connectivity index (χ3n) is 5.00. The quantitative estimate of drug-likeness (QED) is 0.311. The summed E-state index contributed by atoms with van der Waals surface area (Å²) in [5.74, 6) is -1.92. The first-order chi connectivity index (χ1) is 15.3. The van der Waals surface area contributed by atoms with Crippen molar-refractivity contribution in [2.45, 2.75) is 6.42 Å². The van der Waals surface area contributed by atoms with Crippen molar-refractivity contribution in [2.75, 3.05) is 11.4 Å². The largest absolute Gasteiger partial charge is 0.312 e. The summed E-state index contributed by atoms with van der Waals surface area (Å²) < 4.78 is 0.0948. The zero-order valence-corrected chi connectivity index (χ0v) is 18.1. The molecule has 11 heteroatoms. The molecule has 162 valence electrons. The topological polar surface area (TPSA) is 113 Å². The molecule has 0 spiro atoms. The molecule has 2 fully saturated rings. The number of nitro benzene ring substituents is 1. The third-order valence-corrected chi connectivity index (χ3v) is 6.30. The van der Waals surface area contributed by atoms with E-state index in [1.807, 2.05) is 6.07 Å². The van der Waals surface area contributed by atoms with Crippen LogP contribution in [0.1, 0.15) is 12.0 Å². The van der Waals surface area contributed by atoms with Crippen LogP contribution >= 0.6 is 24.0 Å². The van der Waals surface area contributed by atoms with Crippen LogP contribution in [0.4, 0.5) is 11.4 Å². The molecule has 2 aliphatic heterocycles. The first kappa shape index (κ1) is 21.7. The zero-order valence-electron chi connectivity index (χ0n) is 16.5. The van der Waals surface area contributed by atoms with Crippen molar-refractivity contribution in [3.8, 4) is 0 Å². The number of hydrazine groups is 1. The van der Waals surface area contributed by atoms with E-state index in [9.17, 15) is 24.5 Å². The van der Waals surface area contributed by atoms with Crippen LogP contribution < -0.4 is 10.3 Å². The van der Waals surface area contributed by atoms with Gasteiger partial charge in [-0.05, 0) is 36.5 Å². The number of nitrogens with zero attached hydrogens (tertiary/aromatic N) is 3. The van der Waals surface area contributed by atoms with Gasteiger partial charge in [-0.1, -0.05) is 42.1 Å². The Hall–Kier alpha value is -3.57. The van der Waals surface area contributed by atoms with Gasteiger partial charge in [0.1, 0.15) is 0 Å². The molecule has 4 rings (SSSR count). The number of thiocarbonyl (C=S) groups is 1. The van der Waals surface area contributed by atoms with E-state index in [2.05, 4.69) is 5.43 Å². The number of carbonyl (C=O) groups is 3. The summed E-state index contributed by atoms with van der Waals surface area (Å²) in [6.07, 6.45) is 1.39. The average molecular weight is 469 g/mol. The fourth-order valence-corrected chi connectivity index (χ4v) is 4.59. The lowest BCUT2D eigenvalue weighted by Gasteiger charge is -2.19. The smallest absolute Gasteiger partial charge is 0.285 e. The standard InChI is InChI=1S/C21H16N4O5S2/c26-18-11-14(12-23(18)15-7-2-1-3-8-15)19(27)22-24-20(28)17(32-21(24)31)10-13-6-4-5-9-16(13)25(29)30/h1-10,14H,11-12H2,(H,22,27)/b17-10-/t14-/m1/s1. The molecule has 0 aromatic heterocycles. The normalized spacial score (nSPS) is 19.7. The van der Waals surface area contributed by atoms with Crippen molar-refractivity contribution in [3.05, 3.63) is 75.2 Å². The van der Waals surface area contributed by atoms with Crippen molar-refractivity contribution in [1.29, 1.82) is 0 Å². The second-order valence-corrected chi connectivity index (χ2v) is 8.73. The maximum Gasteiger partial charge on any atom is 0.285 e. The Morgan fingerprint density at radius 2 is 1.84 bits per heavy atom. The summed E-state index contributed by atoms with van der Waals surface area (Å²) in [5, 5.41) is 12.2. The molecule has 2 heterocycles. The van der Waals surface area contributed by atoms with Gasteiger partial charge in [-0.15, -0.1) is 0 Å². The van der Waals surface area contributed by atoms with Gasteiger partial charge < -0.3 is 4.90 Å². The maximum absolute atomic E-state index is 12.8. The van der Waals surface area contributed by atoms with Crippen molar-refractivity contribution in [2.24, 2.45) is 5.92 Å². The zero-order chi connectivity index (χ0) is 22.8. The molecule has 9 nitrogen and oxygen atoms in total. The molecule has 1 atom stereocenters. The van der Waals surface area contributed by atoms with Gasteiger partial charge in [-0.3, -0.25) is 29.9 Å². The van der Waals surface area contributed by atoms with E-state index in [0.717, 1.165) is 16.8 Å². The van der Waals surface area contributed by atoms with Crippen molar-refractivity contribution in [1.82, 2.24) is 10.4 Å². The number of nitrogens with one attached hydrogen (secondary N) is 1. The van der Waals surface area contributed by atoms with Gasteiger partial charge in [0.25, 0.3) is 11.6 Å². The lowest BCUT2D eigenvalue weighted by atomic mass is 10.1. The number of rotatable bonds is 5. The summed E-state index contributed by atoms with van der Waals surface area (Å²) in [5.41, 5.74) is 3.30. The van der Waals surface area contributed by atoms with Crippen molar-refractivity contribution in [3.63, 3.8) is 0 Å². The molecule has 1 N–H and O–H groups in total. The fraction of sp³-hybridized carbons (Fsp3) is 0.143. The summed E-state index contributed by atoms with van der Waals surface area (Å²) in [6, 6.07) is 15.0. The van der Waals surface area contributed by atoms with Gasteiger partial charge in [0.2, 0.25) is 11.8 Å². The number of carbonyl (C=O) groups excluding carboxylic acids is 3. The van der Waals surface area contributed by atoms with Gasteiger partial charge in [0.15, 0.2) is 4.32 Å². The first-order valence-electron chi connectivity index (χ1n) is 9.52. The summed E-state index contributed by atoms with van der Waals surface area (Å²) in [6.45, 7) is 0.190. The number of benzene rings is 2. The minimum atomic E-state index is -0.647. The number of anilines is 1. The molecule has 0 unspecified atom stereocenters. The number of para-hydroxylation sites is 2. The number of hydrogen-bond acceptors (Lipinski definition) is 7. The third kappa shape index (κ3) is 4.25. The summed E-state index contributed by atoms with van der Waals surface area (Å²) >= 11 is 6.15. The lowest BCUT2D eigenvalue weighted by Crippen LogP contribution is -2.47. The predicted molar refractivity (Wildman–Crippen MR) is 123 cm³/mol. The molecule has 2 aromatic carbocycles. The fourth-order valence-electron chi connectivity index (χ4n) is 3.42. The Labute approximate surface area is 192 Å². The molecule has 0 aliphatic carbocycles. The molecular formula is C21H16N4O5S2. The van der Waals surface area contributed by atoms with Gasteiger partial charge in [0, 0.05) is 24.7 Å². The van der Waals surface area contributed by atoms with Crippen LogP contribution in [0.15, 0.2) is 59.5 Å². The van der Waals surface area contributed by atoms with E-state index >= 15 is 0 Å². The molecule has 0 radical (unpaired) electrons. The van der Waals surface area contributed by atoms with Crippen LogP contribution in [0, 0.1) is 16.0 Å². The van der Waals surface area contributed by atoms with E-state index in [0.29, 0.717) is 5.69 Å². The second-order valence-electron chi connectivity index (χ2n) is 7.05. The van der Waals surface area contributed by atoms with E-state index in [1.165, 1.54) is 29.2 Å². The highest BCUT2D eigenvalue weighted by Gasteiger charge is 2.39. The summed E-state index contributed by atoms with van der Waals surface area (Å²) in [4.78, 5) is 50.3. The van der Waals surface area contributed by atoms with Gasteiger partial charge in [0.05, 0.1) is 21.3 Å². The minimum absolute atomic E-state index is 0.0154. The Balaban J connectivity index is 1.47. The molecule has 3 amide bonds. The Morgan fingerprint density at radius 3 is 2.56 bits per heavy atom. The molecular weight excluding hydrogens is 452 g/mol. The van der Waals surface area contributed by atoms with Gasteiger partial charge >= 0.3 is 0 Å². The number of hydrogen-bond donors (Lipinski definition) is 1. The Kier molecular flexibility index (Phi) is 6.01. The van der Waals surface area contributed by atoms with Crippen LogP contribution in [0.3, 0.4) is 0 Å². The molecule has 2 aromatic rings. The number of nitro groups is 1. The highest BCUT2D eigenvalue weighted by molar-refractivity contribution is 8.26. The van der Waals surface area contributed by atoms with Gasteiger partial charge in [-0.25, -0.2) is 0 Å². The first-order valence-corrected chi connectivity index (χ1v) is 10.7. The molecule has 32 heavy (non-hydrogen) atoms. The van der Waals surface area contributed by atoms with Crippen molar-refractivity contribution >= 4 is 63.5 Å². The van der Waals surface area contributed by atoms with Crippen LogP contribution in [-0.2, 0) is 14.4 Å². The molecule has 2 saturated heterocycles. The average Bonchev–Trinajstić information content (AvgIpc) is 3.29. The molecule has 0 saturated carbocycles. The second kappa shape index (κ2) is 8.89. The van der Waals surface area contributed by atoms with E-state index in [1.54, 1.807) is 30.3 Å². The monoisotopic (exact) mass is 468 g/mol. The summed E-state index contributed by atoms with van der Waals surface area (Å²) in [7, 11) is 0. The lowest BCUT2D eigenvalue weighted by molar-refractivity contribution is -0.385. The van der Waals surface area contributed by atoms with Crippen LogP contribution in [0.2, 0.25) is 0 Å². The number of amides is 3. The van der Waals surface area contributed by atoms with Crippen LogP contribution in [0.5, 0.6) is 0 Å². The van der Waals surface area contributed by atoms with Gasteiger partial charge in [-0.2, -0.15) is 5.01 Å². The predicted octanol–water partition coefficient (Wildman–Crippen LogP) is 2.88. The van der Waals surface area contributed by atoms with Crippen LogP contribution in [-0.4, -0.2) is 38.5 Å². The molecule has 2 aliphatic rings. The number of thioether (sulfide) groups is 1. The minimum Gasteiger partial charge on any atom is -0.312 e. The Morgan fingerprint density at radius 1 is 1.16 bits per heavy atom. The maximum atomic E-state index is 12.8. The highest BCUT2D eigenvalue weighted by atomic mass is 32.2. The SMILES string of the molecule is O=C(NN1C(=O)/C(=C/c2ccccc2[N+](=O)[O-])SC1=S)[C@@H]1CC(=O)N(c2ccccc2)C1. The van der Waals surface area contributed by atoms with E-state index in [4.69, 9.17) is 12.2 Å². The van der Waals surface area contributed by atoms with Crippen molar-refractivity contribution < 1.29 is 19.3 Å². The molecule has 0 bridgehead atoms. The Bertz CT molecular complexity index is 1170. The van der Waals surface area contributed by atoms with E-state index in [-0.39, 0.29) is 39.3 Å². The highest BCUT2D eigenvalue weighted by Crippen LogP contribution is 2.33. The van der Waals surface area contributed by atoms with E-state index < -0.39 is 22.7 Å². The van der Waals surface area contributed by atoms with Crippen LogP contribution in [0.25, 0.3) is 6.08 Å².